The molecule has 4 heterocycles. The van der Waals surface area contributed by atoms with Crippen LogP contribution >= 0.6 is 0 Å². The highest BCUT2D eigenvalue weighted by atomic mass is 16.2. The first-order valence-electron chi connectivity index (χ1n) is 8.46. The van der Waals surface area contributed by atoms with Crippen molar-refractivity contribution in [2.24, 2.45) is 0 Å². The molecule has 4 rings (SSSR count). The fourth-order valence-electron chi connectivity index (χ4n) is 3.29. The van der Waals surface area contributed by atoms with Gasteiger partial charge in [0.1, 0.15) is 12.1 Å². The molecule has 6 heteroatoms. The second-order valence-corrected chi connectivity index (χ2v) is 6.22. The first-order chi connectivity index (χ1) is 12.3. The molecule has 0 saturated carbocycles. The Bertz CT molecular complexity index is 847. The van der Waals surface area contributed by atoms with Crippen molar-refractivity contribution in [3.63, 3.8) is 0 Å². The first kappa shape index (κ1) is 15.5. The summed E-state index contributed by atoms with van der Waals surface area (Å²) in [5.41, 5.74) is 1.72. The van der Waals surface area contributed by atoms with Crippen LogP contribution in [0.3, 0.4) is 0 Å². The zero-order valence-corrected chi connectivity index (χ0v) is 13.8. The molecule has 126 valence electrons. The Morgan fingerprint density at radius 3 is 2.76 bits per heavy atom. The average Bonchev–Trinajstić information content (AvgIpc) is 3.23. The quantitative estimate of drug-likeness (QED) is 0.739. The van der Waals surface area contributed by atoms with Crippen molar-refractivity contribution < 1.29 is 4.79 Å². The normalized spacial score (nSPS) is 17.4. The number of carbonyl (C=O) groups excluding carboxylic acids is 1. The zero-order valence-electron chi connectivity index (χ0n) is 13.8. The van der Waals surface area contributed by atoms with E-state index in [0.717, 1.165) is 30.9 Å². The SMILES string of the molecule is O=C(c1ccncc1)N1CCC[C@@H](c2cccc(-n3ccnc3)n2)C1. The van der Waals surface area contributed by atoms with Crippen molar-refractivity contribution >= 4 is 5.91 Å². The summed E-state index contributed by atoms with van der Waals surface area (Å²) in [5, 5.41) is 0. The molecule has 1 amide bonds. The molecule has 6 nitrogen and oxygen atoms in total. The van der Waals surface area contributed by atoms with Crippen molar-refractivity contribution in [3.8, 4) is 5.82 Å². The standard InChI is InChI=1S/C19H19N5O/c25-19(15-6-8-20-9-7-15)23-11-2-3-16(13-23)17-4-1-5-18(22-17)24-12-10-21-14-24/h1,4-10,12,14,16H,2-3,11,13H2/t16-/m1/s1. The third-order valence-corrected chi connectivity index (χ3v) is 4.58. The third-order valence-electron chi connectivity index (χ3n) is 4.58. The molecule has 0 aliphatic carbocycles. The largest absolute Gasteiger partial charge is 0.338 e. The van der Waals surface area contributed by atoms with Gasteiger partial charge in [-0.3, -0.25) is 14.3 Å². The lowest BCUT2D eigenvalue weighted by atomic mass is 9.94. The molecule has 3 aromatic heterocycles. The summed E-state index contributed by atoms with van der Waals surface area (Å²) < 4.78 is 1.90. The summed E-state index contributed by atoms with van der Waals surface area (Å²) in [5.74, 6) is 1.17. The molecule has 25 heavy (non-hydrogen) atoms. The van der Waals surface area contributed by atoms with Crippen molar-refractivity contribution in [3.05, 3.63) is 72.7 Å². The van der Waals surface area contributed by atoms with Crippen LogP contribution in [0, 0.1) is 0 Å². The fourth-order valence-corrected chi connectivity index (χ4v) is 3.29. The number of imidazole rings is 1. The van der Waals surface area contributed by atoms with Crippen LogP contribution in [0.15, 0.2) is 61.4 Å². The van der Waals surface area contributed by atoms with Gasteiger partial charge in [-0.15, -0.1) is 0 Å². The molecule has 1 aliphatic rings. The van der Waals surface area contributed by atoms with Gasteiger partial charge in [-0.1, -0.05) is 6.07 Å². The molecule has 0 spiro atoms. The van der Waals surface area contributed by atoms with Gasteiger partial charge in [-0.25, -0.2) is 9.97 Å². The van der Waals surface area contributed by atoms with E-state index in [1.165, 1.54) is 0 Å². The topological polar surface area (TPSA) is 63.9 Å². The minimum atomic E-state index is 0.0675. The highest BCUT2D eigenvalue weighted by Crippen LogP contribution is 2.27. The van der Waals surface area contributed by atoms with Crippen LogP contribution < -0.4 is 0 Å². The maximum Gasteiger partial charge on any atom is 0.253 e. The predicted molar refractivity (Wildman–Crippen MR) is 93.5 cm³/mol. The molecule has 1 atom stereocenters. The summed E-state index contributed by atoms with van der Waals surface area (Å²) >= 11 is 0. The van der Waals surface area contributed by atoms with Gasteiger partial charge in [-0.05, 0) is 37.1 Å². The minimum absolute atomic E-state index is 0.0675. The van der Waals surface area contributed by atoms with Gasteiger partial charge in [0.25, 0.3) is 5.91 Å². The van der Waals surface area contributed by atoms with E-state index in [9.17, 15) is 4.79 Å². The fraction of sp³-hybridized carbons (Fsp3) is 0.263. The maximum absolute atomic E-state index is 12.7. The molecule has 0 N–H and O–H groups in total. The van der Waals surface area contributed by atoms with E-state index in [1.54, 1.807) is 37.1 Å². The van der Waals surface area contributed by atoms with Crippen LogP contribution in [-0.2, 0) is 0 Å². The Kier molecular flexibility index (Phi) is 4.24. The molecule has 0 unspecified atom stereocenters. The van der Waals surface area contributed by atoms with E-state index in [0.29, 0.717) is 12.1 Å². The van der Waals surface area contributed by atoms with Crippen molar-refractivity contribution in [2.45, 2.75) is 18.8 Å². The molecule has 1 fully saturated rings. The lowest BCUT2D eigenvalue weighted by Crippen LogP contribution is -2.39. The summed E-state index contributed by atoms with van der Waals surface area (Å²) in [6.07, 6.45) is 10.7. The molecular weight excluding hydrogens is 314 g/mol. The van der Waals surface area contributed by atoms with Gasteiger partial charge < -0.3 is 4.90 Å². The number of carbonyl (C=O) groups is 1. The van der Waals surface area contributed by atoms with Gasteiger partial charge in [0.05, 0.1) is 0 Å². The molecule has 1 aliphatic heterocycles. The third kappa shape index (κ3) is 3.28. The number of aromatic nitrogens is 4. The van der Waals surface area contributed by atoms with E-state index < -0.39 is 0 Å². The number of hydrogen-bond donors (Lipinski definition) is 0. The highest BCUT2D eigenvalue weighted by Gasteiger charge is 2.26. The number of hydrogen-bond acceptors (Lipinski definition) is 4. The number of piperidine rings is 1. The molecule has 0 radical (unpaired) electrons. The smallest absolute Gasteiger partial charge is 0.253 e. The van der Waals surface area contributed by atoms with Crippen LogP contribution in [-0.4, -0.2) is 43.4 Å². The zero-order chi connectivity index (χ0) is 17.1. The number of amides is 1. The highest BCUT2D eigenvalue weighted by molar-refractivity contribution is 5.94. The van der Waals surface area contributed by atoms with Crippen LogP contribution in [0.1, 0.15) is 34.8 Å². The molecule has 1 saturated heterocycles. The summed E-state index contributed by atoms with van der Waals surface area (Å²) in [6.45, 7) is 1.49. The number of nitrogens with zero attached hydrogens (tertiary/aromatic N) is 5. The van der Waals surface area contributed by atoms with Gasteiger partial charge in [0, 0.05) is 55.1 Å². The summed E-state index contributed by atoms with van der Waals surface area (Å²) in [7, 11) is 0. The molecule has 0 bridgehead atoms. The molecular formula is C19H19N5O. The van der Waals surface area contributed by atoms with E-state index in [2.05, 4.69) is 9.97 Å². The van der Waals surface area contributed by atoms with Crippen molar-refractivity contribution in [2.75, 3.05) is 13.1 Å². The van der Waals surface area contributed by atoms with Gasteiger partial charge in [-0.2, -0.15) is 0 Å². The predicted octanol–water partition coefficient (Wildman–Crippen LogP) is 2.68. The first-order valence-corrected chi connectivity index (χ1v) is 8.46. The monoisotopic (exact) mass is 333 g/mol. The van der Waals surface area contributed by atoms with Crippen LogP contribution in [0.5, 0.6) is 0 Å². The minimum Gasteiger partial charge on any atom is -0.338 e. The number of pyridine rings is 2. The van der Waals surface area contributed by atoms with Gasteiger partial charge in [0.15, 0.2) is 0 Å². The van der Waals surface area contributed by atoms with E-state index >= 15 is 0 Å². The Morgan fingerprint density at radius 1 is 1.08 bits per heavy atom. The second-order valence-electron chi connectivity index (χ2n) is 6.22. The Morgan fingerprint density at radius 2 is 1.96 bits per heavy atom. The lowest BCUT2D eigenvalue weighted by Gasteiger charge is -2.32. The number of likely N-dealkylation sites (tertiary alicyclic amines) is 1. The van der Waals surface area contributed by atoms with Gasteiger partial charge >= 0.3 is 0 Å². The Balaban J connectivity index is 1.54. The van der Waals surface area contributed by atoms with E-state index in [1.807, 2.05) is 33.9 Å². The second kappa shape index (κ2) is 6.84. The summed E-state index contributed by atoms with van der Waals surface area (Å²) in [6, 6.07) is 9.56. The van der Waals surface area contributed by atoms with E-state index in [-0.39, 0.29) is 11.8 Å². The van der Waals surface area contributed by atoms with Crippen LogP contribution in [0.4, 0.5) is 0 Å². The van der Waals surface area contributed by atoms with Crippen LogP contribution in [0.2, 0.25) is 0 Å². The molecule has 3 aromatic rings. The molecule has 0 aromatic carbocycles. The van der Waals surface area contributed by atoms with Crippen LogP contribution in [0.25, 0.3) is 5.82 Å². The van der Waals surface area contributed by atoms with Crippen molar-refractivity contribution in [1.29, 1.82) is 0 Å². The van der Waals surface area contributed by atoms with E-state index in [4.69, 9.17) is 4.98 Å². The lowest BCUT2D eigenvalue weighted by molar-refractivity contribution is 0.0706. The maximum atomic E-state index is 12.7. The average molecular weight is 333 g/mol. The Hall–Kier alpha value is -3.02. The van der Waals surface area contributed by atoms with Gasteiger partial charge in [0.2, 0.25) is 0 Å². The summed E-state index contributed by atoms with van der Waals surface area (Å²) in [4.78, 5) is 27.5. The number of rotatable bonds is 3. The van der Waals surface area contributed by atoms with Crippen molar-refractivity contribution in [1.82, 2.24) is 24.4 Å². The Labute approximate surface area is 146 Å².